The standard InChI is InChI=1S/C18H30N2O3.ClH/c1-2-23-18(22)14-7-4-8-20(11-14)17(21)15-9-12-5-3-6-13(10-15)16(12)19;/h12-16H,2-11,19H2,1H3;1H. The molecule has 0 aromatic carbocycles. The van der Waals surface area contributed by atoms with Crippen molar-refractivity contribution in [3.8, 4) is 0 Å². The van der Waals surface area contributed by atoms with Crippen molar-refractivity contribution >= 4 is 24.3 Å². The van der Waals surface area contributed by atoms with E-state index in [1.54, 1.807) is 0 Å². The van der Waals surface area contributed by atoms with E-state index in [1.807, 2.05) is 11.8 Å². The van der Waals surface area contributed by atoms with E-state index in [-0.39, 0.29) is 36.1 Å². The summed E-state index contributed by atoms with van der Waals surface area (Å²) in [5.74, 6) is 1.11. The van der Waals surface area contributed by atoms with Crippen molar-refractivity contribution in [2.24, 2.45) is 29.4 Å². The summed E-state index contributed by atoms with van der Waals surface area (Å²) in [4.78, 5) is 26.8. The van der Waals surface area contributed by atoms with Crippen LogP contribution in [0.25, 0.3) is 0 Å². The van der Waals surface area contributed by atoms with E-state index in [9.17, 15) is 9.59 Å². The first kappa shape index (κ1) is 19.5. The molecule has 2 bridgehead atoms. The molecule has 24 heavy (non-hydrogen) atoms. The van der Waals surface area contributed by atoms with Gasteiger partial charge in [0.25, 0.3) is 0 Å². The summed E-state index contributed by atoms with van der Waals surface area (Å²) in [5, 5.41) is 0. The topological polar surface area (TPSA) is 72.6 Å². The molecule has 0 aromatic rings. The number of carbonyl (C=O) groups is 2. The van der Waals surface area contributed by atoms with Crippen LogP contribution in [0.1, 0.15) is 51.9 Å². The molecule has 3 unspecified atom stereocenters. The van der Waals surface area contributed by atoms with Crippen molar-refractivity contribution in [1.82, 2.24) is 4.90 Å². The van der Waals surface area contributed by atoms with Crippen molar-refractivity contribution in [2.75, 3.05) is 19.7 Å². The Bertz CT molecular complexity index is 446. The van der Waals surface area contributed by atoms with Gasteiger partial charge in [0.1, 0.15) is 0 Å². The lowest BCUT2D eigenvalue weighted by molar-refractivity contribution is -0.152. The summed E-state index contributed by atoms with van der Waals surface area (Å²) in [6.45, 7) is 3.56. The molecule has 1 saturated heterocycles. The molecule has 5 nitrogen and oxygen atoms in total. The molecule has 3 rings (SSSR count). The molecule has 2 saturated carbocycles. The zero-order valence-corrected chi connectivity index (χ0v) is 15.4. The zero-order chi connectivity index (χ0) is 16.4. The second-order valence-corrected chi connectivity index (χ2v) is 7.57. The highest BCUT2D eigenvalue weighted by atomic mass is 35.5. The van der Waals surface area contributed by atoms with E-state index < -0.39 is 0 Å². The van der Waals surface area contributed by atoms with Crippen LogP contribution >= 0.6 is 12.4 Å². The molecule has 6 heteroatoms. The Morgan fingerprint density at radius 2 is 1.75 bits per heavy atom. The van der Waals surface area contributed by atoms with Gasteiger partial charge in [-0.15, -0.1) is 12.4 Å². The number of likely N-dealkylation sites (tertiary alicyclic amines) is 1. The summed E-state index contributed by atoms with van der Waals surface area (Å²) >= 11 is 0. The molecular weight excluding hydrogens is 328 g/mol. The predicted octanol–water partition coefficient (Wildman–Crippen LogP) is 2.36. The van der Waals surface area contributed by atoms with Gasteiger partial charge in [-0.2, -0.15) is 0 Å². The van der Waals surface area contributed by atoms with E-state index in [2.05, 4.69) is 0 Å². The van der Waals surface area contributed by atoms with Crippen LogP contribution in [0.5, 0.6) is 0 Å². The number of carbonyl (C=O) groups excluding carboxylic acids is 2. The zero-order valence-electron chi connectivity index (χ0n) is 14.6. The number of halogens is 1. The largest absolute Gasteiger partial charge is 0.466 e. The molecule has 1 amide bonds. The maximum atomic E-state index is 12.9. The Balaban J connectivity index is 0.00000208. The van der Waals surface area contributed by atoms with E-state index in [4.69, 9.17) is 10.5 Å². The molecule has 1 heterocycles. The van der Waals surface area contributed by atoms with Crippen molar-refractivity contribution in [1.29, 1.82) is 0 Å². The number of fused-ring (bicyclic) bond motifs is 2. The smallest absolute Gasteiger partial charge is 0.310 e. The minimum Gasteiger partial charge on any atom is -0.466 e. The molecule has 3 fully saturated rings. The molecule has 2 aliphatic carbocycles. The highest BCUT2D eigenvalue weighted by Crippen LogP contribution is 2.42. The number of amides is 1. The molecule has 1 aliphatic heterocycles. The fourth-order valence-electron chi connectivity index (χ4n) is 4.88. The molecule has 0 spiro atoms. The maximum absolute atomic E-state index is 12.9. The van der Waals surface area contributed by atoms with Crippen LogP contribution in [0.3, 0.4) is 0 Å². The number of nitrogens with zero attached hydrogens (tertiary/aromatic N) is 1. The number of hydrogen-bond donors (Lipinski definition) is 1. The van der Waals surface area contributed by atoms with Gasteiger partial charge in [-0.1, -0.05) is 6.42 Å². The number of esters is 1. The number of rotatable bonds is 3. The number of ether oxygens (including phenoxy) is 1. The van der Waals surface area contributed by atoms with Crippen LogP contribution in [0.15, 0.2) is 0 Å². The Hall–Kier alpha value is -0.810. The van der Waals surface area contributed by atoms with E-state index in [1.165, 1.54) is 19.3 Å². The first-order valence-electron chi connectivity index (χ1n) is 9.31. The second kappa shape index (κ2) is 8.52. The lowest BCUT2D eigenvalue weighted by atomic mass is 9.65. The summed E-state index contributed by atoms with van der Waals surface area (Å²) in [7, 11) is 0. The minimum atomic E-state index is -0.146. The third kappa shape index (κ3) is 4.05. The van der Waals surface area contributed by atoms with Gasteiger partial charge in [0.15, 0.2) is 0 Å². The third-order valence-corrected chi connectivity index (χ3v) is 6.12. The number of nitrogens with two attached hydrogens (primary N) is 1. The predicted molar refractivity (Wildman–Crippen MR) is 94.7 cm³/mol. The average Bonchev–Trinajstić information content (AvgIpc) is 2.54. The van der Waals surface area contributed by atoms with E-state index >= 15 is 0 Å². The summed E-state index contributed by atoms with van der Waals surface area (Å²) < 4.78 is 5.14. The molecular formula is C18H31ClN2O3. The lowest BCUT2D eigenvalue weighted by Gasteiger charge is -2.45. The van der Waals surface area contributed by atoms with Crippen LogP contribution in [0.2, 0.25) is 0 Å². The van der Waals surface area contributed by atoms with Crippen molar-refractivity contribution in [3.63, 3.8) is 0 Å². The van der Waals surface area contributed by atoms with E-state index in [0.29, 0.717) is 31.0 Å². The first-order chi connectivity index (χ1) is 11.1. The van der Waals surface area contributed by atoms with Gasteiger partial charge >= 0.3 is 5.97 Å². The Kier molecular flexibility index (Phi) is 6.93. The molecule has 3 aliphatic rings. The van der Waals surface area contributed by atoms with Crippen molar-refractivity contribution < 1.29 is 14.3 Å². The molecule has 138 valence electrons. The van der Waals surface area contributed by atoms with Gasteiger partial charge in [0.05, 0.1) is 12.5 Å². The van der Waals surface area contributed by atoms with Gasteiger partial charge in [0.2, 0.25) is 5.91 Å². The SMILES string of the molecule is CCOC(=O)C1CCCN(C(=O)C2CC3CCCC(C2)C3N)C1.Cl. The Morgan fingerprint density at radius 1 is 1.08 bits per heavy atom. The highest BCUT2D eigenvalue weighted by Gasteiger charge is 2.42. The Labute approximate surface area is 151 Å². The van der Waals surface area contributed by atoms with Crippen molar-refractivity contribution in [3.05, 3.63) is 0 Å². The Morgan fingerprint density at radius 3 is 2.38 bits per heavy atom. The normalized spacial score (nSPS) is 35.8. The van der Waals surface area contributed by atoms with Crippen LogP contribution in [0, 0.1) is 23.7 Å². The van der Waals surface area contributed by atoms with Gasteiger partial charge in [-0.25, -0.2) is 0 Å². The second-order valence-electron chi connectivity index (χ2n) is 7.57. The minimum absolute atomic E-state index is 0. The molecule has 0 aromatic heterocycles. The van der Waals surface area contributed by atoms with Gasteiger partial charge in [0, 0.05) is 25.0 Å². The maximum Gasteiger partial charge on any atom is 0.310 e. The van der Waals surface area contributed by atoms with E-state index in [0.717, 1.165) is 32.2 Å². The average molecular weight is 359 g/mol. The summed E-state index contributed by atoms with van der Waals surface area (Å²) in [6.07, 6.45) is 7.23. The van der Waals surface area contributed by atoms with Crippen LogP contribution < -0.4 is 5.73 Å². The quantitative estimate of drug-likeness (QED) is 0.786. The monoisotopic (exact) mass is 358 g/mol. The third-order valence-electron chi connectivity index (χ3n) is 6.12. The first-order valence-corrected chi connectivity index (χ1v) is 9.31. The van der Waals surface area contributed by atoms with Gasteiger partial charge in [-0.05, 0) is 57.3 Å². The lowest BCUT2D eigenvalue weighted by Crippen LogP contribution is -2.51. The molecule has 0 radical (unpaired) electrons. The highest BCUT2D eigenvalue weighted by molar-refractivity contribution is 5.85. The van der Waals surface area contributed by atoms with Gasteiger partial charge < -0.3 is 15.4 Å². The fourth-order valence-corrected chi connectivity index (χ4v) is 4.88. The fraction of sp³-hybridized carbons (Fsp3) is 0.889. The molecule has 2 N–H and O–H groups in total. The number of hydrogen-bond acceptors (Lipinski definition) is 4. The molecule has 3 atom stereocenters. The van der Waals surface area contributed by atoms with Crippen molar-refractivity contribution in [2.45, 2.75) is 57.9 Å². The van der Waals surface area contributed by atoms with Gasteiger partial charge in [-0.3, -0.25) is 9.59 Å². The van der Waals surface area contributed by atoms with Crippen LogP contribution in [0.4, 0.5) is 0 Å². The van der Waals surface area contributed by atoms with Crippen LogP contribution in [-0.4, -0.2) is 42.5 Å². The summed E-state index contributed by atoms with van der Waals surface area (Å²) in [5.41, 5.74) is 6.33. The number of piperidine rings is 1. The summed E-state index contributed by atoms with van der Waals surface area (Å²) in [6, 6.07) is 0.293. The van der Waals surface area contributed by atoms with Crippen LogP contribution in [-0.2, 0) is 14.3 Å².